The molecule has 26 heavy (non-hydrogen) atoms. The van der Waals surface area contributed by atoms with Gasteiger partial charge in [0.05, 0.1) is 6.04 Å². The summed E-state index contributed by atoms with van der Waals surface area (Å²) in [5.41, 5.74) is 0.637. The van der Waals surface area contributed by atoms with Gasteiger partial charge in [-0.25, -0.2) is 9.48 Å². The van der Waals surface area contributed by atoms with Gasteiger partial charge in [0.25, 0.3) is 11.5 Å². The smallest absolute Gasteiger partial charge is 0.359 e. The number of amides is 1. The van der Waals surface area contributed by atoms with Crippen LogP contribution >= 0.6 is 0 Å². The highest BCUT2D eigenvalue weighted by molar-refractivity contribution is 5.90. The van der Waals surface area contributed by atoms with Crippen LogP contribution in [0.5, 0.6) is 0 Å². The highest BCUT2D eigenvalue weighted by atomic mass is 16.5. The summed E-state index contributed by atoms with van der Waals surface area (Å²) in [7, 11) is 1.43. The summed E-state index contributed by atoms with van der Waals surface area (Å²) in [6.07, 6.45) is 0.693. The van der Waals surface area contributed by atoms with Crippen LogP contribution in [0.4, 0.5) is 0 Å². The summed E-state index contributed by atoms with van der Waals surface area (Å²) >= 11 is 0. The van der Waals surface area contributed by atoms with Gasteiger partial charge in [0.2, 0.25) is 0 Å². The van der Waals surface area contributed by atoms with Crippen molar-refractivity contribution in [3.8, 4) is 0 Å². The SMILES string of the molecule is CCCC(NC(=O)C(C)OC(=O)c1ccc(=O)n(C)n1)c1ccccc1. The predicted molar refractivity (Wildman–Crippen MR) is 96.6 cm³/mol. The maximum atomic E-state index is 12.4. The first-order valence-electron chi connectivity index (χ1n) is 8.53. The number of nitrogens with zero attached hydrogens (tertiary/aromatic N) is 2. The molecule has 0 bridgehead atoms. The topological polar surface area (TPSA) is 90.3 Å². The van der Waals surface area contributed by atoms with Crippen molar-refractivity contribution in [2.45, 2.75) is 38.8 Å². The van der Waals surface area contributed by atoms with Crippen LogP contribution in [0.25, 0.3) is 0 Å². The minimum absolute atomic E-state index is 0.0279. The largest absolute Gasteiger partial charge is 0.448 e. The zero-order valence-corrected chi connectivity index (χ0v) is 15.1. The molecule has 1 N–H and O–H groups in total. The third-order valence-corrected chi connectivity index (χ3v) is 3.92. The lowest BCUT2D eigenvalue weighted by atomic mass is 10.0. The standard InChI is InChI=1S/C19H23N3O4/c1-4-8-15(14-9-6-5-7-10-14)20-18(24)13(2)26-19(25)16-11-12-17(23)22(3)21-16/h5-7,9-13,15H,4,8H2,1-3H3,(H,20,24). The quantitative estimate of drug-likeness (QED) is 0.765. The molecule has 7 nitrogen and oxygen atoms in total. The van der Waals surface area contributed by atoms with E-state index in [-0.39, 0.29) is 23.2 Å². The predicted octanol–water partition coefficient (Wildman–Crippen LogP) is 1.98. The third-order valence-electron chi connectivity index (χ3n) is 3.92. The fraction of sp³-hybridized carbons (Fsp3) is 0.368. The molecule has 2 rings (SSSR count). The third kappa shape index (κ3) is 5.02. The van der Waals surface area contributed by atoms with Crippen molar-refractivity contribution in [2.24, 2.45) is 7.05 Å². The second-order valence-corrected chi connectivity index (χ2v) is 5.99. The Hall–Kier alpha value is -2.96. The molecule has 1 amide bonds. The van der Waals surface area contributed by atoms with Crippen LogP contribution in [0, 0.1) is 0 Å². The van der Waals surface area contributed by atoms with Crippen LogP contribution in [0.3, 0.4) is 0 Å². The number of ether oxygens (including phenoxy) is 1. The lowest BCUT2D eigenvalue weighted by molar-refractivity contribution is -0.130. The molecule has 0 radical (unpaired) electrons. The zero-order valence-electron chi connectivity index (χ0n) is 15.1. The van der Waals surface area contributed by atoms with Crippen molar-refractivity contribution >= 4 is 11.9 Å². The highest BCUT2D eigenvalue weighted by Gasteiger charge is 2.23. The number of hydrogen-bond acceptors (Lipinski definition) is 5. The first-order chi connectivity index (χ1) is 12.4. The molecule has 0 aliphatic heterocycles. The number of esters is 1. The Bertz CT molecular complexity index is 817. The van der Waals surface area contributed by atoms with E-state index in [9.17, 15) is 14.4 Å². The molecule has 1 aromatic heterocycles. The van der Waals surface area contributed by atoms with E-state index in [2.05, 4.69) is 10.4 Å². The van der Waals surface area contributed by atoms with Crippen molar-refractivity contribution in [1.82, 2.24) is 15.1 Å². The van der Waals surface area contributed by atoms with Crippen molar-refractivity contribution in [2.75, 3.05) is 0 Å². The Morgan fingerprint density at radius 1 is 1.19 bits per heavy atom. The van der Waals surface area contributed by atoms with Crippen LogP contribution in [0.2, 0.25) is 0 Å². The molecule has 2 aromatic rings. The van der Waals surface area contributed by atoms with Gasteiger partial charge in [-0.05, 0) is 25.0 Å². The molecule has 0 aliphatic carbocycles. The number of hydrogen-bond donors (Lipinski definition) is 1. The summed E-state index contributed by atoms with van der Waals surface area (Å²) in [6, 6.07) is 12.0. The Balaban J connectivity index is 2.02. The van der Waals surface area contributed by atoms with E-state index in [1.807, 2.05) is 37.3 Å². The number of benzene rings is 1. The molecule has 138 valence electrons. The minimum atomic E-state index is -0.982. The molecule has 2 atom stereocenters. The summed E-state index contributed by atoms with van der Waals surface area (Å²) in [5, 5.41) is 6.74. The van der Waals surface area contributed by atoms with Gasteiger partial charge in [0.15, 0.2) is 11.8 Å². The van der Waals surface area contributed by atoms with Gasteiger partial charge in [-0.1, -0.05) is 43.7 Å². The lowest BCUT2D eigenvalue weighted by Crippen LogP contribution is -2.38. The molecular weight excluding hydrogens is 334 g/mol. The van der Waals surface area contributed by atoms with Gasteiger partial charge in [-0.2, -0.15) is 5.10 Å². The summed E-state index contributed by atoms with van der Waals surface area (Å²) < 4.78 is 6.21. The second-order valence-electron chi connectivity index (χ2n) is 5.99. The number of rotatable bonds is 7. The monoisotopic (exact) mass is 357 g/mol. The Kier molecular flexibility index (Phi) is 6.66. The fourth-order valence-electron chi connectivity index (χ4n) is 2.47. The number of carbonyl (C=O) groups is 2. The van der Waals surface area contributed by atoms with Crippen LogP contribution < -0.4 is 10.9 Å². The minimum Gasteiger partial charge on any atom is -0.448 e. The Morgan fingerprint density at radius 2 is 1.88 bits per heavy atom. The first kappa shape index (κ1) is 19.4. The lowest BCUT2D eigenvalue weighted by Gasteiger charge is -2.21. The van der Waals surface area contributed by atoms with Gasteiger partial charge in [0.1, 0.15) is 0 Å². The molecule has 0 saturated heterocycles. The van der Waals surface area contributed by atoms with Crippen LogP contribution in [-0.4, -0.2) is 27.8 Å². The van der Waals surface area contributed by atoms with E-state index >= 15 is 0 Å². The maximum Gasteiger partial charge on any atom is 0.359 e. The van der Waals surface area contributed by atoms with E-state index in [4.69, 9.17) is 4.74 Å². The average molecular weight is 357 g/mol. The zero-order chi connectivity index (χ0) is 19.1. The van der Waals surface area contributed by atoms with E-state index in [0.29, 0.717) is 0 Å². The second kappa shape index (κ2) is 8.94. The molecule has 7 heteroatoms. The van der Waals surface area contributed by atoms with Crippen LogP contribution in [0.1, 0.15) is 48.8 Å². The Morgan fingerprint density at radius 3 is 2.50 bits per heavy atom. The maximum absolute atomic E-state index is 12.4. The molecule has 2 unspecified atom stereocenters. The average Bonchev–Trinajstić information content (AvgIpc) is 2.64. The van der Waals surface area contributed by atoms with Gasteiger partial charge in [-0.15, -0.1) is 0 Å². The van der Waals surface area contributed by atoms with E-state index in [0.717, 1.165) is 23.1 Å². The van der Waals surface area contributed by atoms with Crippen LogP contribution in [-0.2, 0) is 16.6 Å². The van der Waals surface area contributed by atoms with E-state index < -0.39 is 12.1 Å². The van der Waals surface area contributed by atoms with Gasteiger partial charge in [-0.3, -0.25) is 9.59 Å². The van der Waals surface area contributed by atoms with Crippen molar-refractivity contribution in [3.05, 3.63) is 64.1 Å². The summed E-state index contributed by atoms with van der Waals surface area (Å²) in [5.74, 6) is -1.14. The highest BCUT2D eigenvalue weighted by Crippen LogP contribution is 2.18. The van der Waals surface area contributed by atoms with E-state index in [1.54, 1.807) is 0 Å². The number of aromatic nitrogens is 2. The molecule has 1 aromatic carbocycles. The molecule has 1 heterocycles. The molecule has 0 saturated carbocycles. The molecule has 0 fully saturated rings. The number of nitrogens with one attached hydrogen (secondary N) is 1. The van der Waals surface area contributed by atoms with Crippen molar-refractivity contribution in [3.63, 3.8) is 0 Å². The normalized spacial score (nSPS) is 12.9. The molecule has 0 spiro atoms. The van der Waals surface area contributed by atoms with Gasteiger partial charge < -0.3 is 10.1 Å². The van der Waals surface area contributed by atoms with Crippen molar-refractivity contribution < 1.29 is 14.3 Å². The van der Waals surface area contributed by atoms with E-state index in [1.165, 1.54) is 26.1 Å². The van der Waals surface area contributed by atoms with Gasteiger partial charge >= 0.3 is 5.97 Å². The van der Waals surface area contributed by atoms with Crippen LogP contribution in [0.15, 0.2) is 47.3 Å². The number of carbonyl (C=O) groups excluding carboxylic acids is 2. The molecule has 0 aliphatic rings. The fourth-order valence-corrected chi connectivity index (χ4v) is 2.47. The van der Waals surface area contributed by atoms with Crippen molar-refractivity contribution in [1.29, 1.82) is 0 Å². The summed E-state index contributed by atoms with van der Waals surface area (Å²) in [6.45, 7) is 3.54. The van der Waals surface area contributed by atoms with Gasteiger partial charge in [0, 0.05) is 13.1 Å². The Labute approximate surface area is 152 Å². The summed E-state index contributed by atoms with van der Waals surface area (Å²) in [4.78, 5) is 35.9. The molecular formula is C19H23N3O4. The first-order valence-corrected chi connectivity index (χ1v) is 8.53. The number of aryl methyl sites for hydroxylation is 1.